The van der Waals surface area contributed by atoms with E-state index in [1.165, 1.54) is 93.1 Å². The van der Waals surface area contributed by atoms with Crippen LogP contribution in [-0.4, -0.2) is 9.55 Å². The predicted molar refractivity (Wildman–Crippen MR) is 196 cm³/mol. The SMILES string of the molecule is c1ccc(-n2c3ccccc3c3cc(-c4ccc(-c5cc6c7ccccc7[nH]c6c6ccccc56)c5ccccc45)ccc32)cc1. The van der Waals surface area contributed by atoms with Gasteiger partial charge in [0.15, 0.2) is 0 Å². The highest BCUT2D eigenvalue weighted by Crippen LogP contribution is 2.43. The summed E-state index contributed by atoms with van der Waals surface area (Å²) in [6.45, 7) is 0. The van der Waals surface area contributed by atoms with Crippen molar-refractivity contribution in [2.24, 2.45) is 0 Å². The van der Waals surface area contributed by atoms with Gasteiger partial charge in [0.2, 0.25) is 0 Å². The molecule has 46 heavy (non-hydrogen) atoms. The number of hydrogen-bond acceptors (Lipinski definition) is 0. The van der Waals surface area contributed by atoms with Gasteiger partial charge in [-0.3, -0.25) is 0 Å². The second kappa shape index (κ2) is 9.69. The van der Waals surface area contributed by atoms with E-state index in [9.17, 15) is 0 Å². The van der Waals surface area contributed by atoms with E-state index in [1.54, 1.807) is 0 Å². The maximum Gasteiger partial charge on any atom is 0.0544 e. The fourth-order valence-corrected chi connectivity index (χ4v) is 7.69. The summed E-state index contributed by atoms with van der Waals surface area (Å²) in [4.78, 5) is 3.71. The van der Waals surface area contributed by atoms with Crippen molar-refractivity contribution in [1.29, 1.82) is 0 Å². The lowest BCUT2D eigenvalue weighted by Crippen LogP contribution is -1.93. The van der Waals surface area contributed by atoms with Gasteiger partial charge < -0.3 is 9.55 Å². The van der Waals surface area contributed by atoms with Crippen LogP contribution in [0.3, 0.4) is 0 Å². The van der Waals surface area contributed by atoms with Gasteiger partial charge in [0.1, 0.15) is 0 Å². The molecule has 0 saturated heterocycles. The monoisotopic (exact) mass is 584 g/mol. The molecule has 0 saturated carbocycles. The van der Waals surface area contributed by atoms with Crippen molar-refractivity contribution in [3.63, 3.8) is 0 Å². The van der Waals surface area contributed by atoms with Gasteiger partial charge in [0.25, 0.3) is 0 Å². The number of hydrogen-bond donors (Lipinski definition) is 1. The fraction of sp³-hybridized carbons (Fsp3) is 0. The number of H-pyrrole nitrogens is 1. The van der Waals surface area contributed by atoms with E-state index in [1.807, 2.05) is 0 Å². The smallest absolute Gasteiger partial charge is 0.0544 e. The predicted octanol–water partition coefficient (Wildman–Crippen LogP) is 12.1. The van der Waals surface area contributed by atoms with Gasteiger partial charge in [-0.2, -0.15) is 0 Å². The van der Waals surface area contributed by atoms with E-state index in [2.05, 4.69) is 173 Å². The van der Waals surface area contributed by atoms with Crippen LogP contribution < -0.4 is 0 Å². The topological polar surface area (TPSA) is 20.7 Å². The first kappa shape index (κ1) is 25.2. The molecule has 0 aliphatic heterocycles. The van der Waals surface area contributed by atoms with Crippen LogP contribution in [0.15, 0.2) is 164 Å². The van der Waals surface area contributed by atoms with Gasteiger partial charge in [-0.25, -0.2) is 0 Å². The third-order valence-corrected chi connectivity index (χ3v) is 9.73. The highest BCUT2D eigenvalue weighted by Gasteiger charge is 2.17. The summed E-state index contributed by atoms with van der Waals surface area (Å²) in [5, 5.41) is 10.1. The quantitative estimate of drug-likeness (QED) is 0.213. The van der Waals surface area contributed by atoms with Crippen molar-refractivity contribution in [3.05, 3.63) is 164 Å². The van der Waals surface area contributed by atoms with E-state index in [4.69, 9.17) is 0 Å². The van der Waals surface area contributed by atoms with E-state index in [0.29, 0.717) is 0 Å². The van der Waals surface area contributed by atoms with E-state index in [-0.39, 0.29) is 0 Å². The molecule has 1 N–H and O–H groups in total. The molecule has 2 heteroatoms. The number of nitrogens with one attached hydrogen (secondary N) is 1. The lowest BCUT2D eigenvalue weighted by molar-refractivity contribution is 1.18. The van der Waals surface area contributed by atoms with Crippen LogP contribution in [0.5, 0.6) is 0 Å². The molecule has 214 valence electrons. The number of nitrogens with zero attached hydrogens (tertiary/aromatic N) is 1. The van der Waals surface area contributed by atoms with Gasteiger partial charge in [0.05, 0.1) is 16.6 Å². The van der Waals surface area contributed by atoms with Crippen LogP contribution in [0.1, 0.15) is 0 Å². The lowest BCUT2D eigenvalue weighted by Gasteiger charge is -2.15. The summed E-state index contributed by atoms with van der Waals surface area (Å²) in [5.41, 5.74) is 11.0. The van der Waals surface area contributed by atoms with E-state index < -0.39 is 0 Å². The molecular weight excluding hydrogens is 556 g/mol. The Bertz CT molecular complexity index is 2800. The minimum Gasteiger partial charge on any atom is -0.354 e. The fourth-order valence-electron chi connectivity index (χ4n) is 7.69. The number of rotatable bonds is 3. The Labute approximate surface area is 265 Å². The standard InChI is InChI=1S/C44H28N2/c1-2-12-29(13-3-1)46-42-21-11-9-18-36(42)39-26-28(22-25-43(39)46)30-23-24-34(32-15-5-4-14-31(30)32)38-27-40-35-17-8-10-20-41(35)45-44(40)37-19-7-6-16-33(37)38/h1-27,45H. The summed E-state index contributed by atoms with van der Waals surface area (Å²) in [7, 11) is 0. The molecule has 10 aromatic rings. The summed E-state index contributed by atoms with van der Waals surface area (Å²) in [6.07, 6.45) is 0. The molecule has 2 aromatic heterocycles. The minimum atomic E-state index is 1.17. The molecule has 0 aliphatic rings. The molecule has 0 bridgehead atoms. The Balaban J connectivity index is 1.22. The number of aromatic nitrogens is 2. The molecule has 0 fully saturated rings. The van der Waals surface area contributed by atoms with Crippen LogP contribution in [0.25, 0.3) is 93.1 Å². The van der Waals surface area contributed by atoms with Crippen molar-refractivity contribution in [2.75, 3.05) is 0 Å². The van der Waals surface area contributed by atoms with Crippen molar-refractivity contribution in [3.8, 4) is 27.9 Å². The molecular formula is C44H28N2. The van der Waals surface area contributed by atoms with Crippen LogP contribution in [-0.2, 0) is 0 Å². The molecule has 0 spiro atoms. The molecule has 0 aliphatic carbocycles. The van der Waals surface area contributed by atoms with Crippen molar-refractivity contribution in [1.82, 2.24) is 9.55 Å². The molecule has 10 rings (SSSR count). The zero-order chi connectivity index (χ0) is 30.2. The van der Waals surface area contributed by atoms with Gasteiger partial charge in [-0.05, 0) is 80.9 Å². The van der Waals surface area contributed by atoms with Crippen LogP contribution in [0, 0.1) is 0 Å². The van der Waals surface area contributed by atoms with E-state index in [0.717, 1.165) is 0 Å². The maximum absolute atomic E-state index is 3.71. The summed E-state index contributed by atoms with van der Waals surface area (Å²) < 4.78 is 2.38. The first-order chi connectivity index (χ1) is 22.8. The second-order valence-corrected chi connectivity index (χ2v) is 12.2. The lowest BCUT2D eigenvalue weighted by atomic mass is 9.89. The normalized spacial score (nSPS) is 11.9. The zero-order valence-electron chi connectivity index (χ0n) is 25.0. The first-order valence-corrected chi connectivity index (χ1v) is 15.9. The van der Waals surface area contributed by atoms with Crippen molar-refractivity contribution in [2.45, 2.75) is 0 Å². The Hall–Kier alpha value is -6.12. The van der Waals surface area contributed by atoms with Gasteiger partial charge in [-0.15, -0.1) is 0 Å². The second-order valence-electron chi connectivity index (χ2n) is 12.2. The Morgan fingerprint density at radius 2 is 0.935 bits per heavy atom. The molecule has 0 amide bonds. The first-order valence-electron chi connectivity index (χ1n) is 15.9. The van der Waals surface area contributed by atoms with Crippen molar-refractivity contribution >= 4 is 65.2 Å². The molecule has 0 atom stereocenters. The summed E-state index contributed by atoms with van der Waals surface area (Å²) >= 11 is 0. The Morgan fingerprint density at radius 1 is 0.348 bits per heavy atom. The van der Waals surface area contributed by atoms with Crippen LogP contribution in [0.4, 0.5) is 0 Å². The molecule has 0 radical (unpaired) electrons. The van der Waals surface area contributed by atoms with Crippen LogP contribution in [0.2, 0.25) is 0 Å². The Kier molecular flexibility index (Phi) is 5.31. The van der Waals surface area contributed by atoms with Crippen molar-refractivity contribution < 1.29 is 0 Å². The minimum absolute atomic E-state index is 1.17. The van der Waals surface area contributed by atoms with Gasteiger partial charge in [0, 0.05) is 38.1 Å². The average molecular weight is 585 g/mol. The highest BCUT2D eigenvalue weighted by molar-refractivity contribution is 6.22. The molecule has 0 unspecified atom stereocenters. The van der Waals surface area contributed by atoms with Gasteiger partial charge in [-0.1, -0.05) is 121 Å². The van der Waals surface area contributed by atoms with Crippen LogP contribution >= 0.6 is 0 Å². The average Bonchev–Trinajstić information content (AvgIpc) is 3.67. The largest absolute Gasteiger partial charge is 0.354 e. The third kappa shape index (κ3) is 3.59. The summed E-state index contributed by atoms with van der Waals surface area (Å²) in [5.74, 6) is 0. The molecule has 8 aromatic carbocycles. The summed E-state index contributed by atoms with van der Waals surface area (Å²) in [6, 6.07) is 59.7. The van der Waals surface area contributed by atoms with E-state index >= 15 is 0 Å². The number of fused-ring (bicyclic) bond motifs is 9. The number of benzene rings is 8. The van der Waals surface area contributed by atoms with Gasteiger partial charge >= 0.3 is 0 Å². The Morgan fingerprint density at radius 3 is 1.74 bits per heavy atom. The third-order valence-electron chi connectivity index (χ3n) is 9.73. The highest BCUT2D eigenvalue weighted by atomic mass is 15.0. The molecule has 2 heterocycles. The number of aromatic amines is 1. The maximum atomic E-state index is 3.71. The number of para-hydroxylation sites is 3. The zero-order valence-corrected chi connectivity index (χ0v) is 25.0. The molecule has 2 nitrogen and oxygen atoms in total.